The zero-order valence-corrected chi connectivity index (χ0v) is 16.3. The summed E-state index contributed by atoms with van der Waals surface area (Å²) in [6.07, 6.45) is 1.95. The van der Waals surface area contributed by atoms with Gasteiger partial charge < -0.3 is 10.1 Å². The number of hydrogen-bond donors (Lipinski definition) is 1. The van der Waals surface area contributed by atoms with E-state index in [1.165, 1.54) is 15.6 Å². The summed E-state index contributed by atoms with van der Waals surface area (Å²) in [6, 6.07) is 18.8. The number of carbonyl (C=O) groups excluding carboxylic acids is 1. The predicted octanol–water partition coefficient (Wildman–Crippen LogP) is 4.18. The predicted molar refractivity (Wildman–Crippen MR) is 107 cm³/mol. The molecule has 2 aromatic rings. The Morgan fingerprint density at radius 2 is 1.88 bits per heavy atom. The van der Waals surface area contributed by atoms with Gasteiger partial charge >= 0.3 is 6.09 Å². The van der Waals surface area contributed by atoms with Crippen LogP contribution in [0.2, 0.25) is 0 Å². The molecule has 1 unspecified atom stereocenters. The lowest BCUT2D eigenvalue weighted by atomic mass is 10.2. The Morgan fingerprint density at radius 3 is 2.64 bits per heavy atom. The van der Waals surface area contributed by atoms with Crippen molar-refractivity contribution in [2.45, 2.75) is 32.0 Å². The molecule has 1 amide bonds. The van der Waals surface area contributed by atoms with Crippen LogP contribution >= 0.6 is 22.6 Å². The summed E-state index contributed by atoms with van der Waals surface area (Å²) in [5.74, 6) is 0. The Kier molecular flexibility index (Phi) is 6.69. The normalized spacial score (nSPS) is 17.4. The van der Waals surface area contributed by atoms with Gasteiger partial charge in [-0.05, 0) is 65.2 Å². The lowest BCUT2D eigenvalue weighted by Crippen LogP contribution is -2.40. The van der Waals surface area contributed by atoms with Crippen molar-refractivity contribution in [3.63, 3.8) is 0 Å². The summed E-state index contributed by atoms with van der Waals surface area (Å²) >= 11 is 2.32. The van der Waals surface area contributed by atoms with Crippen LogP contribution in [0.15, 0.2) is 54.6 Å². The molecule has 1 aliphatic heterocycles. The molecule has 1 heterocycles. The molecule has 0 aromatic heterocycles. The van der Waals surface area contributed by atoms with E-state index in [2.05, 4.69) is 57.1 Å². The Labute approximate surface area is 162 Å². The molecule has 25 heavy (non-hydrogen) atoms. The van der Waals surface area contributed by atoms with Crippen molar-refractivity contribution in [3.8, 4) is 0 Å². The first-order valence-corrected chi connectivity index (χ1v) is 9.71. The van der Waals surface area contributed by atoms with E-state index in [0.29, 0.717) is 19.2 Å². The number of ether oxygens (including phenoxy) is 1. The third kappa shape index (κ3) is 5.71. The van der Waals surface area contributed by atoms with Gasteiger partial charge in [0.15, 0.2) is 0 Å². The third-order valence-corrected chi connectivity index (χ3v) is 5.21. The van der Waals surface area contributed by atoms with Gasteiger partial charge in [-0.2, -0.15) is 0 Å². The smallest absolute Gasteiger partial charge is 0.407 e. The fraction of sp³-hybridized carbons (Fsp3) is 0.350. The number of carbonyl (C=O) groups is 1. The van der Waals surface area contributed by atoms with Crippen molar-refractivity contribution < 1.29 is 9.53 Å². The molecule has 0 spiro atoms. The van der Waals surface area contributed by atoms with Crippen LogP contribution in [0, 0.1) is 3.57 Å². The molecule has 0 aliphatic carbocycles. The molecule has 1 saturated heterocycles. The summed E-state index contributed by atoms with van der Waals surface area (Å²) in [4.78, 5) is 14.4. The van der Waals surface area contributed by atoms with Crippen LogP contribution in [-0.4, -0.2) is 30.1 Å². The number of amides is 1. The minimum atomic E-state index is -0.343. The van der Waals surface area contributed by atoms with E-state index in [0.717, 1.165) is 25.1 Å². The van der Waals surface area contributed by atoms with Gasteiger partial charge in [-0.1, -0.05) is 42.5 Å². The molecule has 1 aliphatic rings. The molecule has 132 valence electrons. The molecule has 5 heteroatoms. The van der Waals surface area contributed by atoms with Crippen LogP contribution in [0.25, 0.3) is 0 Å². The molecule has 0 radical (unpaired) electrons. The maximum atomic E-state index is 11.9. The highest BCUT2D eigenvalue weighted by molar-refractivity contribution is 14.1. The Hall–Kier alpha value is -1.60. The van der Waals surface area contributed by atoms with Crippen molar-refractivity contribution in [2.24, 2.45) is 0 Å². The first-order valence-electron chi connectivity index (χ1n) is 8.64. The van der Waals surface area contributed by atoms with Crippen molar-refractivity contribution in [2.75, 3.05) is 13.1 Å². The maximum absolute atomic E-state index is 11.9. The van der Waals surface area contributed by atoms with Gasteiger partial charge in [0.2, 0.25) is 0 Å². The molecule has 1 atom stereocenters. The topological polar surface area (TPSA) is 41.6 Å². The number of nitrogens with zero attached hydrogens (tertiary/aromatic N) is 1. The van der Waals surface area contributed by atoms with Gasteiger partial charge in [0, 0.05) is 22.7 Å². The van der Waals surface area contributed by atoms with Crippen LogP contribution in [-0.2, 0) is 17.9 Å². The number of hydrogen-bond acceptors (Lipinski definition) is 3. The summed E-state index contributed by atoms with van der Waals surface area (Å²) in [6.45, 7) is 2.96. The highest BCUT2D eigenvalue weighted by atomic mass is 127. The summed E-state index contributed by atoms with van der Waals surface area (Å²) in [5, 5.41) is 2.92. The molecule has 1 fully saturated rings. The molecular weight excluding hydrogens is 427 g/mol. The average molecular weight is 450 g/mol. The summed E-state index contributed by atoms with van der Waals surface area (Å²) < 4.78 is 6.54. The van der Waals surface area contributed by atoms with E-state index in [9.17, 15) is 4.79 Å². The second-order valence-electron chi connectivity index (χ2n) is 6.34. The number of rotatable bonds is 6. The van der Waals surface area contributed by atoms with E-state index in [-0.39, 0.29) is 6.09 Å². The monoisotopic (exact) mass is 450 g/mol. The molecular formula is C20H23IN2O2. The fourth-order valence-corrected chi connectivity index (χ4v) is 3.49. The second-order valence-corrected chi connectivity index (χ2v) is 7.58. The molecule has 0 saturated carbocycles. The van der Waals surface area contributed by atoms with E-state index in [1.807, 2.05) is 30.3 Å². The number of alkyl carbamates (subject to hydrolysis) is 1. The highest BCUT2D eigenvalue weighted by Crippen LogP contribution is 2.20. The fourth-order valence-electron chi connectivity index (χ4n) is 3.13. The molecule has 2 aromatic carbocycles. The largest absolute Gasteiger partial charge is 0.445 e. The van der Waals surface area contributed by atoms with E-state index in [1.54, 1.807) is 0 Å². The lowest BCUT2D eigenvalue weighted by molar-refractivity contribution is 0.135. The van der Waals surface area contributed by atoms with Crippen molar-refractivity contribution in [1.29, 1.82) is 0 Å². The highest BCUT2D eigenvalue weighted by Gasteiger charge is 2.24. The van der Waals surface area contributed by atoms with Gasteiger partial charge in [0.1, 0.15) is 6.61 Å². The molecule has 0 bridgehead atoms. The Morgan fingerprint density at radius 1 is 1.12 bits per heavy atom. The van der Waals surface area contributed by atoms with Crippen LogP contribution in [0.5, 0.6) is 0 Å². The van der Waals surface area contributed by atoms with Crippen LogP contribution in [0.1, 0.15) is 24.0 Å². The van der Waals surface area contributed by atoms with Crippen molar-refractivity contribution in [1.82, 2.24) is 10.2 Å². The van der Waals surface area contributed by atoms with Crippen LogP contribution in [0.4, 0.5) is 4.79 Å². The number of benzene rings is 2. The van der Waals surface area contributed by atoms with Gasteiger partial charge in [-0.3, -0.25) is 4.90 Å². The molecule has 4 nitrogen and oxygen atoms in total. The van der Waals surface area contributed by atoms with Crippen molar-refractivity contribution >= 4 is 28.7 Å². The molecule has 1 N–H and O–H groups in total. The summed E-state index contributed by atoms with van der Waals surface area (Å²) in [7, 11) is 0. The quantitative estimate of drug-likeness (QED) is 0.672. The van der Waals surface area contributed by atoms with Crippen LogP contribution < -0.4 is 5.32 Å². The maximum Gasteiger partial charge on any atom is 0.407 e. The van der Waals surface area contributed by atoms with E-state index >= 15 is 0 Å². The lowest BCUT2D eigenvalue weighted by Gasteiger charge is -2.24. The van der Waals surface area contributed by atoms with E-state index in [4.69, 9.17) is 4.74 Å². The van der Waals surface area contributed by atoms with Gasteiger partial charge in [-0.25, -0.2) is 4.79 Å². The Bertz CT molecular complexity index is 676. The SMILES string of the molecule is O=C(NCC1CCCN1Cc1ccc(I)cc1)OCc1ccccc1. The van der Waals surface area contributed by atoms with Gasteiger partial charge in [0.25, 0.3) is 0 Å². The zero-order chi connectivity index (χ0) is 17.5. The minimum Gasteiger partial charge on any atom is -0.445 e. The Balaban J connectivity index is 1.43. The van der Waals surface area contributed by atoms with Crippen molar-refractivity contribution in [3.05, 3.63) is 69.3 Å². The first-order chi connectivity index (χ1) is 12.2. The minimum absolute atomic E-state index is 0.309. The van der Waals surface area contributed by atoms with Gasteiger partial charge in [-0.15, -0.1) is 0 Å². The van der Waals surface area contributed by atoms with Crippen LogP contribution in [0.3, 0.4) is 0 Å². The zero-order valence-electron chi connectivity index (χ0n) is 14.2. The first kappa shape index (κ1) is 18.2. The number of halogens is 1. The standard InChI is InChI=1S/C20H23IN2O2/c21-18-10-8-16(9-11-18)14-23-12-4-7-19(23)13-22-20(24)25-15-17-5-2-1-3-6-17/h1-3,5-6,8-11,19H,4,7,12-15H2,(H,22,24). The average Bonchev–Trinajstić information content (AvgIpc) is 3.08. The van der Waals surface area contributed by atoms with Gasteiger partial charge in [0.05, 0.1) is 0 Å². The second kappa shape index (κ2) is 9.20. The van der Waals surface area contributed by atoms with E-state index < -0.39 is 0 Å². The number of likely N-dealkylation sites (tertiary alicyclic amines) is 1. The molecule has 3 rings (SSSR count). The third-order valence-electron chi connectivity index (χ3n) is 4.49. The summed E-state index contributed by atoms with van der Waals surface area (Å²) in [5.41, 5.74) is 2.32. The number of nitrogens with one attached hydrogen (secondary N) is 1.